The van der Waals surface area contributed by atoms with Gasteiger partial charge >= 0.3 is 0 Å². The van der Waals surface area contributed by atoms with Crippen molar-refractivity contribution < 1.29 is 4.79 Å². The van der Waals surface area contributed by atoms with Crippen molar-refractivity contribution >= 4 is 52.2 Å². The van der Waals surface area contributed by atoms with Gasteiger partial charge in [-0.25, -0.2) is 4.98 Å². The summed E-state index contributed by atoms with van der Waals surface area (Å²) in [6, 6.07) is 4.93. The van der Waals surface area contributed by atoms with Crippen LogP contribution in [0.25, 0.3) is 0 Å². The van der Waals surface area contributed by atoms with E-state index in [1.165, 1.54) is 29.6 Å². The van der Waals surface area contributed by atoms with E-state index in [-0.39, 0.29) is 11.7 Å². The molecule has 0 saturated carbocycles. The predicted octanol–water partition coefficient (Wildman–Crippen LogP) is 2.50. The van der Waals surface area contributed by atoms with Crippen molar-refractivity contribution in [1.29, 1.82) is 0 Å². The number of benzene rings is 1. The first-order valence-corrected chi connectivity index (χ1v) is 7.03. The number of anilines is 2. The van der Waals surface area contributed by atoms with Crippen LogP contribution in [0.15, 0.2) is 28.9 Å². The third-order valence-electron chi connectivity index (χ3n) is 1.96. The van der Waals surface area contributed by atoms with E-state index in [4.69, 9.17) is 17.3 Å². The van der Waals surface area contributed by atoms with E-state index in [9.17, 15) is 4.79 Å². The molecule has 2 aromatic rings. The van der Waals surface area contributed by atoms with Crippen molar-refractivity contribution in [3.63, 3.8) is 0 Å². The second kappa shape index (κ2) is 6.03. The summed E-state index contributed by atoms with van der Waals surface area (Å²) in [5, 5.41) is 3.23. The number of halogens is 1. The fourth-order valence-electron chi connectivity index (χ4n) is 1.18. The van der Waals surface area contributed by atoms with Crippen LogP contribution in [-0.2, 0) is 4.79 Å². The van der Waals surface area contributed by atoms with Crippen LogP contribution in [0.3, 0.4) is 0 Å². The second-order valence-corrected chi connectivity index (χ2v) is 5.71. The van der Waals surface area contributed by atoms with Gasteiger partial charge in [0.15, 0.2) is 4.34 Å². The van der Waals surface area contributed by atoms with Gasteiger partial charge in [0.25, 0.3) is 0 Å². The maximum atomic E-state index is 11.7. The van der Waals surface area contributed by atoms with Gasteiger partial charge in [-0.3, -0.25) is 4.79 Å². The molecule has 3 N–H and O–H groups in total. The van der Waals surface area contributed by atoms with E-state index in [1.807, 2.05) is 0 Å². The SMILES string of the molecule is Nc1ccc(Cl)cc1NC(=O)CSc1ncns1. The van der Waals surface area contributed by atoms with Gasteiger partial charge in [-0.15, -0.1) is 0 Å². The lowest BCUT2D eigenvalue weighted by molar-refractivity contribution is -0.113. The number of nitrogens with zero attached hydrogens (tertiary/aromatic N) is 2. The normalized spacial score (nSPS) is 10.3. The molecule has 5 nitrogen and oxygen atoms in total. The average molecular weight is 301 g/mol. The summed E-state index contributed by atoms with van der Waals surface area (Å²) in [4.78, 5) is 15.7. The third-order valence-corrected chi connectivity index (χ3v) is 3.99. The van der Waals surface area contributed by atoms with Gasteiger partial charge in [-0.1, -0.05) is 23.4 Å². The van der Waals surface area contributed by atoms with Gasteiger partial charge in [0.1, 0.15) is 6.33 Å². The zero-order chi connectivity index (χ0) is 13.0. The molecule has 0 saturated heterocycles. The number of carbonyl (C=O) groups is 1. The van der Waals surface area contributed by atoms with Crippen LogP contribution in [0.2, 0.25) is 5.02 Å². The standard InChI is InChI=1S/C10H9ClN4OS2/c11-6-1-2-7(12)8(3-6)15-9(16)4-17-10-13-5-14-18-10/h1-3,5H,4,12H2,(H,15,16). The lowest BCUT2D eigenvalue weighted by atomic mass is 10.2. The predicted molar refractivity (Wildman–Crippen MR) is 75.1 cm³/mol. The molecule has 94 valence electrons. The molecule has 0 radical (unpaired) electrons. The number of hydrogen-bond donors (Lipinski definition) is 2. The van der Waals surface area contributed by atoms with Crippen molar-refractivity contribution in [2.24, 2.45) is 0 Å². The number of carbonyl (C=O) groups excluding carboxylic acids is 1. The number of thioether (sulfide) groups is 1. The fourth-order valence-corrected chi connectivity index (χ4v) is 2.59. The van der Waals surface area contributed by atoms with Crippen molar-refractivity contribution in [3.05, 3.63) is 29.5 Å². The molecule has 1 heterocycles. The van der Waals surface area contributed by atoms with Crippen molar-refractivity contribution in [2.75, 3.05) is 16.8 Å². The van der Waals surface area contributed by atoms with E-state index in [0.717, 1.165) is 4.34 Å². The lowest BCUT2D eigenvalue weighted by Gasteiger charge is -2.07. The highest BCUT2D eigenvalue weighted by Crippen LogP contribution is 2.24. The quantitative estimate of drug-likeness (QED) is 0.670. The van der Waals surface area contributed by atoms with Crippen LogP contribution in [-0.4, -0.2) is 21.0 Å². The molecule has 1 aromatic heterocycles. The van der Waals surface area contributed by atoms with Gasteiger partial charge in [0.05, 0.1) is 17.1 Å². The summed E-state index contributed by atoms with van der Waals surface area (Å²) in [6.45, 7) is 0. The molecule has 0 aliphatic carbocycles. The molecular formula is C10H9ClN4OS2. The van der Waals surface area contributed by atoms with Gasteiger partial charge in [-0.2, -0.15) is 4.37 Å². The highest BCUT2D eigenvalue weighted by molar-refractivity contribution is 8.01. The maximum Gasteiger partial charge on any atom is 0.234 e. The number of aromatic nitrogens is 2. The molecular weight excluding hydrogens is 292 g/mol. The number of rotatable bonds is 4. The summed E-state index contributed by atoms with van der Waals surface area (Å²) in [6.07, 6.45) is 1.46. The lowest BCUT2D eigenvalue weighted by Crippen LogP contribution is -2.15. The first-order valence-electron chi connectivity index (χ1n) is 4.89. The number of nitrogen functional groups attached to an aromatic ring is 1. The Hall–Kier alpha value is -1.31. The van der Waals surface area contributed by atoms with Crippen LogP contribution < -0.4 is 11.1 Å². The Morgan fingerprint density at radius 1 is 1.56 bits per heavy atom. The highest BCUT2D eigenvalue weighted by atomic mass is 35.5. The molecule has 0 aliphatic rings. The zero-order valence-corrected chi connectivity index (χ0v) is 11.5. The molecule has 0 unspecified atom stereocenters. The van der Waals surface area contributed by atoms with Gasteiger partial charge in [-0.05, 0) is 29.7 Å². The third kappa shape index (κ3) is 3.59. The Balaban J connectivity index is 1.92. The van der Waals surface area contributed by atoms with Crippen LogP contribution in [0, 0.1) is 0 Å². The van der Waals surface area contributed by atoms with Crippen LogP contribution in [0.4, 0.5) is 11.4 Å². The minimum Gasteiger partial charge on any atom is -0.397 e. The molecule has 8 heteroatoms. The van der Waals surface area contributed by atoms with E-state index < -0.39 is 0 Å². The largest absolute Gasteiger partial charge is 0.397 e. The summed E-state index contributed by atoms with van der Waals surface area (Å²) in [5.74, 6) is 0.0883. The van der Waals surface area contributed by atoms with Gasteiger partial charge in [0, 0.05) is 5.02 Å². The first-order chi connectivity index (χ1) is 8.65. The average Bonchev–Trinajstić information content (AvgIpc) is 2.84. The minimum atomic E-state index is -0.163. The Morgan fingerprint density at radius 2 is 2.39 bits per heavy atom. The number of hydrogen-bond acceptors (Lipinski definition) is 6. The smallest absolute Gasteiger partial charge is 0.234 e. The van der Waals surface area contributed by atoms with Gasteiger partial charge < -0.3 is 11.1 Å². The number of nitrogens with two attached hydrogens (primary N) is 1. The fraction of sp³-hybridized carbons (Fsp3) is 0.100. The van der Waals surface area contributed by atoms with Gasteiger partial charge in [0.2, 0.25) is 5.91 Å². The Kier molecular flexibility index (Phi) is 4.40. The summed E-state index contributed by atoms with van der Waals surface area (Å²) in [5.41, 5.74) is 6.73. The first kappa shape index (κ1) is 13.1. The number of nitrogens with one attached hydrogen (secondary N) is 1. The summed E-state index contributed by atoms with van der Waals surface area (Å²) < 4.78 is 4.60. The molecule has 0 fully saturated rings. The van der Waals surface area contributed by atoms with Crippen molar-refractivity contribution in [1.82, 2.24) is 9.36 Å². The molecule has 1 amide bonds. The second-order valence-electron chi connectivity index (χ2n) is 3.28. The van der Waals surface area contributed by atoms with E-state index in [2.05, 4.69) is 14.7 Å². The minimum absolute atomic E-state index is 0.163. The van der Waals surface area contributed by atoms with Crippen LogP contribution in [0.5, 0.6) is 0 Å². The summed E-state index contributed by atoms with van der Waals surface area (Å²) in [7, 11) is 0. The Morgan fingerprint density at radius 3 is 3.11 bits per heavy atom. The molecule has 0 atom stereocenters. The van der Waals surface area contributed by atoms with E-state index in [0.29, 0.717) is 16.4 Å². The molecule has 0 spiro atoms. The van der Waals surface area contributed by atoms with Crippen molar-refractivity contribution in [3.8, 4) is 0 Å². The van der Waals surface area contributed by atoms with Crippen LogP contribution in [0.1, 0.15) is 0 Å². The number of amides is 1. The molecule has 2 rings (SSSR count). The highest BCUT2D eigenvalue weighted by Gasteiger charge is 2.08. The van der Waals surface area contributed by atoms with Crippen LogP contribution >= 0.6 is 34.9 Å². The maximum absolute atomic E-state index is 11.7. The Bertz CT molecular complexity index is 547. The Labute approximate surface area is 117 Å². The summed E-state index contributed by atoms with van der Waals surface area (Å²) >= 11 is 8.41. The van der Waals surface area contributed by atoms with E-state index >= 15 is 0 Å². The van der Waals surface area contributed by atoms with Crippen molar-refractivity contribution in [2.45, 2.75) is 4.34 Å². The van der Waals surface area contributed by atoms with E-state index in [1.54, 1.807) is 18.2 Å². The monoisotopic (exact) mass is 300 g/mol. The topological polar surface area (TPSA) is 80.9 Å². The zero-order valence-electron chi connectivity index (χ0n) is 9.09. The molecule has 1 aromatic carbocycles. The molecule has 18 heavy (non-hydrogen) atoms. The molecule has 0 aliphatic heterocycles. The molecule has 0 bridgehead atoms.